The van der Waals surface area contributed by atoms with E-state index in [9.17, 15) is 4.79 Å². The lowest BCUT2D eigenvalue weighted by atomic mass is 10.1. The molecule has 0 aliphatic heterocycles. The van der Waals surface area contributed by atoms with Crippen LogP contribution >= 0.6 is 0 Å². The van der Waals surface area contributed by atoms with Gasteiger partial charge in [-0.1, -0.05) is 20.8 Å². The first-order valence-electron chi connectivity index (χ1n) is 5.60. The Labute approximate surface area is 95.5 Å². The van der Waals surface area contributed by atoms with Gasteiger partial charge in [-0.3, -0.25) is 4.79 Å². The van der Waals surface area contributed by atoms with Crippen molar-refractivity contribution in [2.45, 2.75) is 40.2 Å². The van der Waals surface area contributed by atoms with Crippen LogP contribution in [0.25, 0.3) is 0 Å². The highest BCUT2D eigenvalue weighted by Crippen LogP contribution is 2.09. The third-order valence-electron chi connectivity index (χ3n) is 2.46. The lowest BCUT2D eigenvalue weighted by Crippen LogP contribution is -2.14. The molecule has 0 radical (unpaired) electrons. The molecule has 0 fully saturated rings. The standard InChI is InChI=1S/C11H19N3O2/c1-8(2)6-14-10(12-7-13-14)5-4-9(3)11(15)16/h7-9H,4-6H2,1-3H3,(H,15,16). The van der Waals surface area contributed by atoms with Crippen LogP contribution in [0.4, 0.5) is 0 Å². The Bertz CT molecular complexity index is 347. The molecule has 1 unspecified atom stereocenters. The highest BCUT2D eigenvalue weighted by molar-refractivity contribution is 5.69. The first kappa shape index (κ1) is 12.7. The summed E-state index contributed by atoms with van der Waals surface area (Å²) in [6.45, 7) is 6.78. The molecule has 0 amide bonds. The number of nitrogens with zero attached hydrogens (tertiary/aromatic N) is 3. The van der Waals surface area contributed by atoms with Crippen LogP contribution in [0.2, 0.25) is 0 Å². The zero-order chi connectivity index (χ0) is 12.1. The van der Waals surface area contributed by atoms with Gasteiger partial charge in [0.1, 0.15) is 12.2 Å². The molecule has 16 heavy (non-hydrogen) atoms. The van der Waals surface area contributed by atoms with Gasteiger partial charge >= 0.3 is 5.97 Å². The summed E-state index contributed by atoms with van der Waals surface area (Å²) in [4.78, 5) is 14.8. The molecule has 0 saturated carbocycles. The average molecular weight is 225 g/mol. The third-order valence-corrected chi connectivity index (χ3v) is 2.46. The minimum atomic E-state index is -0.755. The normalized spacial score (nSPS) is 13.0. The SMILES string of the molecule is CC(C)Cn1ncnc1CCC(C)C(=O)O. The summed E-state index contributed by atoms with van der Waals surface area (Å²) in [6.07, 6.45) is 2.80. The predicted octanol–water partition coefficient (Wildman–Crippen LogP) is 1.59. The summed E-state index contributed by atoms with van der Waals surface area (Å²) < 4.78 is 1.86. The van der Waals surface area contributed by atoms with Crippen LogP contribution < -0.4 is 0 Å². The van der Waals surface area contributed by atoms with E-state index in [1.807, 2.05) is 4.68 Å². The van der Waals surface area contributed by atoms with E-state index in [2.05, 4.69) is 23.9 Å². The molecule has 0 aromatic carbocycles. The van der Waals surface area contributed by atoms with Crippen molar-refractivity contribution in [3.63, 3.8) is 0 Å². The molecule has 5 heteroatoms. The molecule has 90 valence electrons. The number of hydrogen-bond acceptors (Lipinski definition) is 3. The Balaban J connectivity index is 2.53. The van der Waals surface area contributed by atoms with Crippen molar-refractivity contribution < 1.29 is 9.90 Å². The van der Waals surface area contributed by atoms with Crippen LogP contribution in [0.3, 0.4) is 0 Å². The summed E-state index contributed by atoms with van der Waals surface area (Å²) in [5, 5.41) is 12.9. The molecule has 1 rings (SSSR count). The van der Waals surface area contributed by atoms with Crippen LogP contribution in [0.1, 0.15) is 33.0 Å². The van der Waals surface area contributed by atoms with Gasteiger partial charge in [0.25, 0.3) is 0 Å². The lowest BCUT2D eigenvalue weighted by Gasteiger charge is -2.09. The van der Waals surface area contributed by atoms with Gasteiger partial charge in [-0.05, 0) is 12.3 Å². The smallest absolute Gasteiger partial charge is 0.306 e. The maximum Gasteiger partial charge on any atom is 0.306 e. The van der Waals surface area contributed by atoms with E-state index in [1.54, 1.807) is 6.92 Å². The van der Waals surface area contributed by atoms with E-state index in [4.69, 9.17) is 5.11 Å². The number of carboxylic acids is 1. The van der Waals surface area contributed by atoms with Crippen molar-refractivity contribution in [3.8, 4) is 0 Å². The second-order valence-electron chi connectivity index (χ2n) is 4.53. The fourth-order valence-electron chi connectivity index (χ4n) is 1.45. The molecule has 0 spiro atoms. The first-order chi connectivity index (χ1) is 7.50. The summed E-state index contributed by atoms with van der Waals surface area (Å²) in [7, 11) is 0. The number of aliphatic carboxylic acids is 1. The van der Waals surface area contributed by atoms with Crippen molar-refractivity contribution in [2.24, 2.45) is 11.8 Å². The summed E-state index contributed by atoms with van der Waals surface area (Å²) in [6, 6.07) is 0. The zero-order valence-electron chi connectivity index (χ0n) is 10.1. The van der Waals surface area contributed by atoms with Crippen molar-refractivity contribution in [1.29, 1.82) is 0 Å². The molecular weight excluding hydrogens is 206 g/mol. The van der Waals surface area contributed by atoms with Gasteiger partial charge in [-0.15, -0.1) is 0 Å². The maximum absolute atomic E-state index is 10.7. The van der Waals surface area contributed by atoms with Crippen LogP contribution in [0.15, 0.2) is 6.33 Å². The molecule has 1 atom stereocenters. The molecular formula is C11H19N3O2. The molecule has 1 aromatic heterocycles. The van der Waals surface area contributed by atoms with Gasteiger partial charge in [0.15, 0.2) is 0 Å². The van der Waals surface area contributed by atoms with E-state index in [1.165, 1.54) is 6.33 Å². The third kappa shape index (κ3) is 3.64. The van der Waals surface area contributed by atoms with Crippen LogP contribution in [-0.4, -0.2) is 25.8 Å². The number of aromatic nitrogens is 3. The number of rotatable bonds is 6. The largest absolute Gasteiger partial charge is 0.481 e. The molecule has 1 heterocycles. The Morgan fingerprint density at radius 1 is 1.50 bits per heavy atom. The highest BCUT2D eigenvalue weighted by atomic mass is 16.4. The van der Waals surface area contributed by atoms with Crippen LogP contribution in [0.5, 0.6) is 0 Å². The summed E-state index contributed by atoms with van der Waals surface area (Å²) in [5.41, 5.74) is 0. The predicted molar refractivity (Wildman–Crippen MR) is 60.0 cm³/mol. The monoisotopic (exact) mass is 225 g/mol. The molecule has 0 bridgehead atoms. The minimum Gasteiger partial charge on any atom is -0.481 e. The Morgan fingerprint density at radius 3 is 2.75 bits per heavy atom. The number of aryl methyl sites for hydroxylation is 1. The van der Waals surface area contributed by atoms with Crippen LogP contribution in [0, 0.1) is 11.8 Å². The first-order valence-corrected chi connectivity index (χ1v) is 5.60. The van der Waals surface area contributed by atoms with Gasteiger partial charge in [-0.25, -0.2) is 9.67 Å². The van der Waals surface area contributed by atoms with E-state index in [0.717, 1.165) is 12.4 Å². The van der Waals surface area contributed by atoms with Crippen molar-refractivity contribution >= 4 is 5.97 Å². The van der Waals surface area contributed by atoms with Gasteiger partial charge in [0, 0.05) is 13.0 Å². The van der Waals surface area contributed by atoms with Gasteiger partial charge < -0.3 is 5.11 Å². The van der Waals surface area contributed by atoms with E-state index in [-0.39, 0.29) is 5.92 Å². The highest BCUT2D eigenvalue weighted by Gasteiger charge is 2.13. The number of carboxylic acid groups (broad SMARTS) is 1. The molecule has 0 aliphatic carbocycles. The number of carbonyl (C=O) groups is 1. The molecule has 0 saturated heterocycles. The van der Waals surface area contributed by atoms with Gasteiger partial charge in [-0.2, -0.15) is 5.10 Å². The zero-order valence-corrected chi connectivity index (χ0v) is 10.1. The van der Waals surface area contributed by atoms with E-state index >= 15 is 0 Å². The number of hydrogen-bond donors (Lipinski definition) is 1. The van der Waals surface area contributed by atoms with Crippen LogP contribution in [-0.2, 0) is 17.8 Å². The average Bonchev–Trinajstić information content (AvgIpc) is 2.60. The van der Waals surface area contributed by atoms with Crippen molar-refractivity contribution in [2.75, 3.05) is 0 Å². The maximum atomic E-state index is 10.7. The van der Waals surface area contributed by atoms with Gasteiger partial charge in [0.05, 0.1) is 5.92 Å². The summed E-state index contributed by atoms with van der Waals surface area (Å²) in [5.74, 6) is 0.304. The quantitative estimate of drug-likeness (QED) is 0.798. The minimum absolute atomic E-state index is 0.329. The molecule has 0 aliphatic rings. The lowest BCUT2D eigenvalue weighted by molar-refractivity contribution is -0.141. The van der Waals surface area contributed by atoms with Crippen molar-refractivity contribution in [1.82, 2.24) is 14.8 Å². The fraction of sp³-hybridized carbons (Fsp3) is 0.727. The van der Waals surface area contributed by atoms with Crippen molar-refractivity contribution in [3.05, 3.63) is 12.2 Å². The Hall–Kier alpha value is -1.39. The topological polar surface area (TPSA) is 68.0 Å². The fourth-order valence-corrected chi connectivity index (χ4v) is 1.45. The van der Waals surface area contributed by atoms with E-state index in [0.29, 0.717) is 18.8 Å². The second kappa shape index (κ2) is 5.63. The Morgan fingerprint density at radius 2 is 2.19 bits per heavy atom. The summed E-state index contributed by atoms with van der Waals surface area (Å²) >= 11 is 0. The molecule has 1 aromatic rings. The molecule has 5 nitrogen and oxygen atoms in total. The molecule has 1 N–H and O–H groups in total. The second-order valence-corrected chi connectivity index (χ2v) is 4.53. The van der Waals surface area contributed by atoms with E-state index < -0.39 is 5.97 Å². The van der Waals surface area contributed by atoms with Gasteiger partial charge in [0.2, 0.25) is 0 Å². The Kier molecular flexibility index (Phi) is 4.46.